The lowest BCUT2D eigenvalue weighted by molar-refractivity contribution is 0.00244. The van der Waals surface area contributed by atoms with Crippen molar-refractivity contribution in [1.82, 2.24) is 4.90 Å². The number of benzene rings is 2. The van der Waals surface area contributed by atoms with E-state index in [9.17, 15) is 15.7 Å². The fraction of sp³-hybridized carbons (Fsp3) is 0.433. The number of likely N-dealkylation sites (tertiary alicyclic amines) is 1. The second-order valence-electron chi connectivity index (χ2n) is 11.0. The molecule has 4 atom stereocenters. The van der Waals surface area contributed by atoms with Crippen LogP contribution >= 0.6 is 11.6 Å². The molecule has 0 saturated carbocycles. The van der Waals surface area contributed by atoms with Crippen molar-refractivity contribution in [1.29, 1.82) is 0 Å². The smallest absolute Gasteiger partial charge is 0.126 e. The Bertz CT molecular complexity index is 1340. The molecule has 1 fully saturated rings. The highest BCUT2D eigenvalue weighted by Gasteiger charge is 2.43. The van der Waals surface area contributed by atoms with Crippen molar-refractivity contribution in [2.24, 2.45) is 16.0 Å². The molecule has 4 unspecified atom stereocenters. The Morgan fingerprint density at radius 3 is 2.79 bits per heavy atom. The predicted octanol–water partition coefficient (Wildman–Crippen LogP) is 5.63. The van der Waals surface area contributed by atoms with E-state index in [0.717, 1.165) is 41.0 Å². The van der Waals surface area contributed by atoms with E-state index >= 15 is 0 Å². The molecule has 3 aliphatic heterocycles. The minimum atomic E-state index is -1.02. The van der Waals surface area contributed by atoms with Gasteiger partial charge in [-0.2, -0.15) is 0 Å². The van der Waals surface area contributed by atoms with Crippen molar-refractivity contribution < 1.29 is 14.9 Å². The minimum absolute atomic E-state index is 0.0140. The van der Waals surface area contributed by atoms with E-state index in [1.165, 1.54) is 0 Å². The molecule has 2 aromatic carbocycles. The summed E-state index contributed by atoms with van der Waals surface area (Å²) in [6, 6.07) is 13.0. The number of aliphatic imine (C=N–C) groups is 1. The maximum Gasteiger partial charge on any atom is 0.126 e. The van der Waals surface area contributed by atoms with Crippen LogP contribution in [0.5, 0.6) is 5.75 Å². The topological polar surface area (TPSA) is 114 Å². The standard InChI is InChI=1S/C30H34ClN5O3/c1-29(2,38)21-9-12-27-25(17-21)23(24-5-3-14-33-26(24)19-39-27)6-4-15-36-16-13-30(34-35-32,28(37)18-36)20-7-10-22(31)11-8-20/h3,5-12,14,17,24,26,28,37-38H,4,13,15-16,18-19H2,1-2H3/b23-6+. The van der Waals surface area contributed by atoms with Crippen molar-refractivity contribution in [3.63, 3.8) is 0 Å². The predicted molar refractivity (Wildman–Crippen MR) is 154 cm³/mol. The van der Waals surface area contributed by atoms with Gasteiger partial charge in [0.1, 0.15) is 17.9 Å². The largest absolute Gasteiger partial charge is 0.491 e. The molecule has 0 amide bonds. The molecule has 204 valence electrons. The lowest BCUT2D eigenvalue weighted by atomic mass is 9.79. The van der Waals surface area contributed by atoms with Crippen LogP contribution in [0.4, 0.5) is 0 Å². The van der Waals surface area contributed by atoms with Crippen molar-refractivity contribution in [2.45, 2.75) is 50.0 Å². The average molecular weight is 548 g/mol. The molecule has 3 heterocycles. The van der Waals surface area contributed by atoms with Gasteiger partial charge in [0.05, 0.1) is 17.7 Å². The summed E-state index contributed by atoms with van der Waals surface area (Å²) in [6.45, 7) is 5.86. The number of aliphatic hydroxyl groups excluding tert-OH is 1. The molecule has 8 nitrogen and oxygen atoms in total. The molecule has 5 rings (SSSR count). The van der Waals surface area contributed by atoms with E-state index < -0.39 is 17.2 Å². The van der Waals surface area contributed by atoms with E-state index in [1.54, 1.807) is 26.0 Å². The second kappa shape index (κ2) is 11.2. The van der Waals surface area contributed by atoms with Gasteiger partial charge in [-0.1, -0.05) is 47.1 Å². The molecule has 0 radical (unpaired) electrons. The number of halogens is 1. The Morgan fingerprint density at radius 2 is 2.08 bits per heavy atom. The first-order valence-electron chi connectivity index (χ1n) is 13.3. The number of nitrogens with zero attached hydrogens (tertiary/aromatic N) is 5. The molecule has 0 aromatic heterocycles. The highest BCUT2D eigenvalue weighted by molar-refractivity contribution is 6.30. The van der Waals surface area contributed by atoms with Crippen LogP contribution in [0.1, 0.15) is 43.4 Å². The first-order valence-corrected chi connectivity index (χ1v) is 13.7. The molecule has 0 spiro atoms. The Hall–Kier alpha value is -3.13. The van der Waals surface area contributed by atoms with Crippen LogP contribution in [-0.2, 0) is 11.1 Å². The van der Waals surface area contributed by atoms with Crippen molar-refractivity contribution in [3.05, 3.63) is 92.8 Å². The number of rotatable bonds is 6. The molecular formula is C30H34ClN5O3. The van der Waals surface area contributed by atoms with Crippen LogP contribution in [0, 0.1) is 5.92 Å². The Kier molecular flexibility index (Phi) is 7.85. The van der Waals surface area contributed by atoms with Crippen LogP contribution in [0.15, 0.2) is 70.8 Å². The van der Waals surface area contributed by atoms with E-state index in [1.807, 2.05) is 42.6 Å². The molecule has 1 saturated heterocycles. The zero-order valence-electron chi connectivity index (χ0n) is 22.2. The Balaban J connectivity index is 1.37. The number of piperidine rings is 1. The number of ether oxygens (including phenoxy) is 1. The highest BCUT2D eigenvalue weighted by atomic mass is 35.5. The monoisotopic (exact) mass is 547 g/mol. The van der Waals surface area contributed by atoms with Gasteiger partial charge >= 0.3 is 0 Å². The first-order chi connectivity index (χ1) is 18.7. The van der Waals surface area contributed by atoms with Gasteiger partial charge in [-0.3, -0.25) is 4.99 Å². The van der Waals surface area contributed by atoms with Gasteiger partial charge in [-0.15, -0.1) is 0 Å². The normalized spacial score (nSPS) is 27.7. The van der Waals surface area contributed by atoms with Crippen LogP contribution < -0.4 is 4.74 Å². The van der Waals surface area contributed by atoms with Gasteiger partial charge < -0.3 is 19.8 Å². The number of dihydropyridines is 1. The fourth-order valence-electron chi connectivity index (χ4n) is 5.79. The quantitative estimate of drug-likeness (QED) is 0.277. The second-order valence-corrected chi connectivity index (χ2v) is 11.4. The number of β-amino-alcohol motifs (C(OH)–C–C–N with tert-alkyl or cyclic N) is 1. The highest BCUT2D eigenvalue weighted by Crippen LogP contribution is 2.41. The zero-order valence-corrected chi connectivity index (χ0v) is 23.0. The first kappa shape index (κ1) is 27.4. The molecule has 3 aliphatic rings. The van der Waals surface area contributed by atoms with E-state index in [-0.39, 0.29) is 12.0 Å². The van der Waals surface area contributed by atoms with Gasteiger partial charge in [0.15, 0.2) is 0 Å². The molecular weight excluding hydrogens is 514 g/mol. The molecule has 0 aliphatic carbocycles. The number of hydrogen-bond donors (Lipinski definition) is 2. The lowest BCUT2D eigenvalue weighted by Crippen LogP contribution is -2.52. The SMILES string of the molecule is CC(C)(O)c1ccc2c(c1)/C(=C/CCN1CCC(N=[N+]=[N-])(c3ccc(Cl)cc3)C(O)C1)C1C=CC=NC1CO2. The van der Waals surface area contributed by atoms with Gasteiger partial charge in [-0.05, 0) is 85.8 Å². The third-order valence-corrected chi connectivity index (χ3v) is 8.28. The minimum Gasteiger partial charge on any atom is -0.491 e. The van der Waals surface area contributed by atoms with E-state index in [2.05, 4.69) is 32.1 Å². The number of fused-ring (bicyclic) bond motifs is 2. The summed E-state index contributed by atoms with van der Waals surface area (Å²) >= 11 is 6.06. The summed E-state index contributed by atoms with van der Waals surface area (Å²) in [7, 11) is 0. The maximum absolute atomic E-state index is 11.2. The number of aliphatic hydroxyl groups is 2. The molecule has 2 aromatic rings. The van der Waals surface area contributed by atoms with Gasteiger partial charge in [0.2, 0.25) is 0 Å². The fourth-order valence-corrected chi connectivity index (χ4v) is 5.91. The molecule has 9 heteroatoms. The summed E-state index contributed by atoms with van der Waals surface area (Å²) in [5.41, 5.74) is 11.0. The van der Waals surface area contributed by atoms with Gasteiger partial charge in [-0.25, -0.2) is 0 Å². The molecule has 0 bridgehead atoms. The van der Waals surface area contributed by atoms with Crippen molar-refractivity contribution in [3.8, 4) is 5.75 Å². The molecule has 39 heavy (non-hydrogen) atoms. The lowest BCUT2D eigenvalue weighted by Gasteiger charge is -2.43. The van der Waals surface area contributed by atoms with E-state index in [0.29, 0.717) is 31.1 Å². The third kappa shape index (κ3) is 5.62. The summed E-state index contributed by atoms with van der Waals surface area (Å²) in [4.78, 5) is 9.96. The van der Waals surface area contributed by atoms with Crippen LogP contribution in [0.3, 0.4) is 0 Å². The average Bonchev–Trinajstić information content (AvgIpc) is 3.07. The van der Waals surface area contributed by atoms with Crippen molar-refractivity contribution >= 4 is 23.4 Å². The maximum atomic E-state index is 11.2. The molecule has 2 N–H and O–H groups in total. The third-order valence-electron chi connectivity index (χ3n) is 8.03. The summed E-state index contributed by atoms with van der Waals surface area (Å²) in [5.74, 6) is 0.866. The Morgan fingerprint density at radius 1 is 1.28 bits per heavy atom. The van der Waals surface area contributed by atoms with Crippen LogP contribution in [0.2, 0.25) is 5.02 Å². The summed E-state index contributed by atoms with van der Waals surface area (Å²) < 4.78 is 6.16. The van der Waals surface area contributed by atoms with Crippen molar-refractivity contribution in [2.75, 3.05) is 26.2 Å². The summed E-state index contributed by atoms with van der Waals surface area (Å²) in [6.07, 6.45) is 8.63. The number of allylic oxidation sites excluding steroid dienone is 1. The Labute approximate surface area is 233 Å². The summed E-state index contributed by atoms with van der Waals surface area (Å²) in [5, 5.41) is 26.5. The van der Waals surface area contributed by atoms with Gasteiger partial charge in [0, 0.05) is 40.7 Å². The number of azide groups is 1. The van der Waals surface area contributed by atoms with Crippen LogP contribution in [0.25, 0.3) is 16.0 Å². The van der Waals surface area contributed by atoms with Crippen LogP contribution in [-0.4, -0.2) is 59.7 Å². The van der Waals surface area contributed by atoms with E-state index in [4.69, 9.17) is 16.3 Å². The van der Waals surface area contributed by atoms with Gasteiger partial charge in [0.25, 0.3) is 0 Å². The zero-order chi connectivity index (χ0) is 27.6. The number of hydrogen-bond acceptors (Lipinski definition) is 6.